The Balaban J connectivity index is 2.20. The lowest BCUT2D eigenvalue weighted by Crippen LogP contribution is -2.46. The van der Waals surface area contributed by atoms with Crippen molar-refractivity contribution in [2.24, 2.45) is 5.41 Å². The van der Waals surface area contributed by atoms with E-state index in [-0.39, 0.29) is 23.1 Å². The predicted molar refractivity (Wildman–Crippen MR) is 65.1 cm³/mol. The number of carbonyl (C=O) groups is 1. The van der Waals surface area contributed by atoms with E-state index in [4.69, 9.17) is 9.47 Å². The van der Waals surface area contributed by atoms with Crippen molar-refractivity contribution in [1.29, 1.82) is 0 Å². The summed E-state index contributed by atoms with van der Waals surface area (Å²) in [6.07, 6.45) is 2.55. The maximum Gasteiger partial charge on any atom is 0.306 e. The number of rotatable bonds is 1. The molecule has 2 fully saturated rings. The second kappa shape index (κ2) is 3.87. The van der Waals surface area contributed by atoms with Crippen LogP contribution in [0.15, 0.2) is 0 Å². The van der Waals surface area contributed by atoms with Gasteiger partial charge in [0.05, 0.1) is 12.0 Å². The van der Waals surface area contributed by atoms with Crippen molar-refractivity contribution in [3.8, 4) is 0 Å². The molecule has 86 valence electrons. The van der Waals surface area contributed by atoms with Gasteiger partial charge in [-0.05, 0) is 26.7 Å². The predicted octanol–water partition coefficient (Wildman–Crippen LogP) is 2.31. The third kappa shape index (κ3) is 2.16. The van der Waals surface area contributed by atoms with Crippen molar-refractivity contribution in [1.82, 2.24) is 0 Å². The van der Waals surface area contributed by atoms with Crippen molar-refractivity contribution in [2.45, 2.75) is 44.8 Å². The SMILES string of the molecule is CC1(C)CC2(CCO1)CC(=O)OC2CI. The van der Waals surface area contributed by atoms with Crippen LogP contribution in [0, 0.1) is 5.41 Å². The molecule has 1 spiro atoms. The molecule has 4 heteroatoms. The minimum absolute atomic E-state index is 0.0330. The van der Waals surface area contributed by atoms with Gasteiger partial charge in [0.2, 0.25) is 0 Å². The molecule has 0 bridgehead atoms. The van der Waals surface area contributed by atoms with Crippen LogP contribution in [0.3, 0.4) is 0 Å². The van der Waals surface area contributed by atoms with Crippen LogP contribution >= 0.6 is 22.6 Å². The van der Waals surface area contributed by atoms with Crippen LogP contribution in [0.4, 0.5) is 0 Å². The van der Waals surface area contributed by atoms with Gasteiger partial charge in [0.1, 0.15) is 6.10 Å². The number of hydrogen-bond donors (Lipinski definition) is 0. The minimum Gasteiger partial charge on any atom is -0.461 e. The second-order valence-electron chi connectivity index (χ2n) is 5.21. The highest BCUT2D eigenvalue weighted by atomic mass is 127. The van der Waals surface area contributed by atoms with Crippen molar-refractivity contribution in [3.63, 3.8) is 0 Å². The molecule has 3 nitrogen and oxygen atoms in total. The van der Waals surface area contributed by atoms with Gasteiger partial charge in [0.15, 0.2) is 0 Å². The van der Waals surface area contributed by atoms with Gasteiger partial charge in [-0.3, -0.25) is 4.79 Å². The van der Waals surface area contributed by atoms with E-state index in [0.717, 1.165) is 23.9 Å². The molecule has 15 heavy (non-hydrogen) atoms. The molecular weight excluding hydrogens is 307 g/mol. The second-order valence-corrected chi connectivity index (χ2v) is 6.09. The fourth-order valence-electron chi connectivity index (χ4n) is 2.87. The van der Waals surface area contributed by atoms with Gasteiger partial charge in [-0.15, -0.1) is 0 Å². The van der Waals surface area contributed by atoms with Gasteiger partial charge in [0, 0.05) is 16.4 Å². The molecule has 2 heterocycles. The molecule has 0 N–H and O–H groups in total. The van der Waals surface area contributed by atoms with E-state index in [9.17, 15) is 4.79 Å². The Kier molecular flexibility index (Phi) is 3.01. The molecule has 2 aliphatic heterocycles. The van der Waals surface area contributed by atoms with Gasteiger partial charge in [0.25, 0.3) is 0 Å². The summed E-state index contributed by atoms with van der Waals surface area (Å²) in [7, 11) is 0. The average molecular weight is 324 g/mol. The fraction of sp³-hybridized carbons (Fsp3) is 0.909. The Morgan fingerprint density at radius 1 is 1.53 bits per heavy atom. The van der Waals surface area contributed by atoms with Gasteiger partial charge < -0.3 is 9.47 Å². The van der Waals surface area contributed by atoms with E-state index < -0.39 is 0 Å². The Labute approximate surface area is 104 Å². The first-order valence-corrected chi connectivity index (χ1v) is 6.89. The van der Waals surface area contributed by atoms with Crippen LogP contribution in [-0.2, 0) is 14.3 Å². The number of carbonyl (C=O) groups excluding carboxylic acids is 1. The van der Waals surface area contributed by atoms with Gasteiger partial charge in [-0.25, -0.2) is 0 Å². The minimum atomic E-state index is -0.115. The number of ether oxygens (including phenoxy) is 2. The van der Waals surface area contributed by atoms with Gasteiger partial charge in [-0.2, -0.15) is 0 Å². The summed E-state index contributed by atoms with van der Waals surface area (Å²) in [5, 5.41) is 0. The molecule has 2 atom stereocenters. The number of cyclic esters (lactones) is 1. The van der Waals surface area contributed by atoms with E-state index in [1.807, 2.05) is 0 Å². The van der Waals surface area contributed by atoms with E-state index >= 15 is 0 Å². The summed E-state index contributed by atoms with van der Waals surface area (Å²) < 4.78 is 12.0. The van der Waals surface area contributed by atoms with Crippen molar-refractivity contribution in [2.75, 3.05) is 11.0 Å². The number of hydrogen-bond acceptors (Lipinski definition) is 3. The zero-order valence-corrected chi connectivity index (χ0v) is 11.4. The average Bonchev–Trinajstić information content (AvgIpc) is 2.39. The number of alkyl halides is 1. The third-order valence-electron chi connectivity index (χ3n) is 3.46. The maximum atomic E-state index is 11.4. The Morgan fingerprint density at radius 2 is 2.27 bits per heavy atom. The molecule has 0 radical (unpaired) electrons. The summed E-state index contributed by atoms with van der Waals surface area (Å²) in [4.78, 5) is 11.4. The van der Waals surface area contributed by atoms with Crippen LogP contribution in [-0.4, -0.2) is 28.7 Å². The molecular formula is C11H17IO3. The molecule has 2 unspecified atom stereocenters. The first kappa shape index (κ1) is 11.6. The summed E-state index contributed by atoms with van der Waals surface area (Å²) in [6, 6.07) is 0. The van der Waals surface area contributed by atoms with Crippen LogP contribution in [0.25, 0.3) is 0 Å². The summed E-state index contributed by atoms with van der Waals surface area (Å²) in [6.45, 7) is 4.94. The zero-order valence-electron chi connectivity index (χ0n) is 9.22. The number of halogens is 1. The van der Waals surface area contributed by atoms with Gasteiger partial charge in [-0.1, -0.05) is 22.6 Å². The van der Waals surface area contributed by atoms with Crippen LogP contribution < -0.4 is 0 Å². The Hall–Kier alpha value is 0.160. The molecule has 0 aromatic carbocycles. The molecule has 2 aliphatic rings. The zero-order chi connectivity index (χ0) is 11.1. The van der Waals surface area contributed by atoms with Gasteiger partial charge >= 0.3 is 5.97 Å². The summed E-state index contributed by atoms with van der Waals surface area (Å²) in [5.41, 5.74) is -0.0731. The Bertz CT molecular complexity index is 277. The van der Waals surface area contributed by atoms with Crippen molar-refractivity contribution in [3.05, 3.63) is 0 Å². The third-order valence-corrected chi connectivity index (χ3v) is 4.26. The quantitative estimate of drug-likeness (QED) is 0.422. The topological polar surface area (TPSA) is 35.5 Å². The van der Waals surface area contributed by atoms with E-state index in [1.54, 1.807) is 0 Å². The lowest BCUT2D eigenvalue weighted by Gasteiger charge is -2.43. The monoisotopic (exact) mass is 324 g/mol. The Morgan fingerprint density at radius 3 is 2.87 bits per heavy atom. The molecule has 2 saturated heterocycles. The van der Waals surface area contributed by atoms with Crippen molar-refractivity contribution >= 4 is 28.6 Å². The standard InChI is InChI=1S/C11H17IO3/c1-10(2)7-11(3-4-14-10)5-9(13)15-8(11)6-12/h8H,3-7H2,1-2H3. The molecule has 0 aliphatic carbocycles. The van der Waals surface area contributed by atoms with Crippen LogP contribution in [0.1, 0.15) is 33.1 Å². The molecule has 0 saturated carbocycles. The summed E-state index contributed by atoms with van der Waals surface area (Å²) in [5.74, 6) is -0.0330. The molecule has 2 rings (SSSR count). The van der Waals surface area contributed by atoms with Crippen LogP contribution in [0.5, 0.6) is 0 Å². The highest BCUT2D eigenvalue weighted by Crippen LogP contribution is 2.49. The molecule has 0 amide bonds. The first-order valence-electron chi connectivity index (χ1n) is 5.37. The lowest BCUT2D eigenvalue weighted by atomic mass is 9.70. The lowest BCUT2D eigenvalue weighted by molar-refractivity contribution is -0.142. The summed E-state index contributed by atoms with van der Waals surface area (Å²) >= 11 is 2.31. The van der Waals surface area contributed by atoms with Crippen molar-refractivity contribution < 1.29 is 14.3 Å². The normalized spacial score (nSPS) is 39.4. The molecule has 0 aromatic rings. The largest absolute Gasteiger partial charge is 0.461 e. The van der Waals surface area contributed by atoms with E-state index in [2.05, 4.69) is 36.4 Å². The first-order chi connectivity index (χ1) is 6.97. The maximum absolute atomic E-state index is 11.4. The highest BCUT2D eigenvalue weighted by molar-refractivity contribution is 14.1. The van der Waals surface area contributed by atoms with Crippen LogP contribution in [0.2, 0.25) is 0 Å². The smallest absolute Gasteiger partial charge is 0.306 e. The number of esters is 1. The highest BCUT2D eigenvalue weighted by Gasteiger charge is 2.52. The molecule has 0 aromatic heterocycles. The van der Waals surface area contributed by atoms with E-state index in [0.29, 0.717) is 6.42 Å². The van der Waals surface area contributed by atoms with E-state index in [1.165, 1.54) is 0 Å². The fourth-order valence-corrected chi connectivity index (χ4v) is 3.98.